The lowest BCUT2D eigenvalue weighted by atomic mass is 9.97. The van der Waals surface area contributed by atoms with E-state index < -0.39 is 86.8 Å². The van der Waals surface area contributed by atoms with Crippen molar-refractivity contribution in [3.05, 3.63) is 60.8 Å². The van der Waals surface area contributed by atoms with Crippen LogP contribution in [0.3, 0.4) is 0 Å². The molecule has 0 radical (unpaired) electrons. The van der Waals surface area contributed by atoms with Crippen molar-refractivity contribution in [1.29, 1.82) is 0 Å². The van der Waals surface area contributed by atoms with Crippen LogP contribution in [-0.2, 0) is 23.7 Å². The molecule has 9 N–H and O–H groups in total. The smallest absolute Gasteiger partial charge is 0.220 e. The Balaban J connectivity index is 1.68. The summed E-state index contributed by atoms with van der Waals surface area (Å²) in [7, 11) is 0. The second-order valence-electron chi connectivity index (χ2n) is 25.4. The number of nitrogens with one attached hydrogen (secondary N) is 1. The molecule has 12 atom stereocenters. The number of carbonyl (C=O) groups is 1. The quantitative estimate of drug-likeness (QED) is 0.0204. The van der Waals surface area contributed by atoms with Crippen LogP contribution >= 0.6 is 0 Å². The molecule has 508 valence electrons. The third-order valence-electron chi connectivity index (χ3n) is 17.4. The molecule has 87 heavy (non-hydrogen) atoms. The van der Waals surface area contributed by atoms with E-state index in [1.165, 1.54) is 205 Å². The maximum Gasteiger partial charge on any atom is 0.220 e. The second-order valence-corrected chi connectivity index (χ2v) is 25.4. The zero-order valence-corrected chi connectivity index (χ0v) is 55.3. The average molecular weight is 1230 g/mol. The summed E-state index contributed by atoms with van der Waals surface area (Å²) in [5, 5.41) is 87.4. The van der Waals surface area contributed by atoms with Crippen molar-refractivity contribution in [3.8, 4) is 0 Å². The molecule has 0 aromatic rings. The summed E-state index contributed by atoms with van der Waals surface area (Å²) in [5.41, 5.74) is 0. The van der Waals surface area contributed by atoms with Crippen molar-refractivity contribution in [2.24, 2.45) is 0 Å². The molecular weight excluding hydrogens is 1100 g/mol. The molecular formula is C73H133NO13. The van der Waals surface area contributed by atoms with Crippen molar-refractivity contribution >= 4 is 5.91 Å². The van der Waals surface area contributed by atoms with Crippen LogP contribution in [0.25, 0.3) is 0 Å². The number of hydrogen-bond acceptors (Lipinski definition) is 13. The Morgan fingerprint density at radius 2 is 0.770 bits per heavy atom. The summed E-state index contributed by atoms with van der Waals surface area (Å²) in [4.78, 5) is 13.3. The zero-order valence-electron chi connectivity index (χ0n) is 55.3. The van der Waals surface area contributed by atoms with E-state index in [0.29, 0.717) is 12.8 Å². The van der Waals surface area contributed by atoms with E-state index in [1.54, 1.807) is 6.08 Å². The minimum Gasteiger partial charge on any atom is -0.394 e. The van der Waals surface area contributed by atoms with Gasteiger partial charge in [0.2, 0.25) is 5.91 Å². The Labute approximate surface area is 530 Å². The molecule has 0 bridgehead atoms. The number of aliphatic hydroxyl groups excluding tert-OH is 8. The molecule has 2 rings (SSSR count). The van der Waals surface area contributed by atoms with Gasteiger partial charge in [-0.05, 0) is 70.6 Å². The Hall–Kier alpha value is -2.31. The number of ether oxygens (including phenoxy) is 4. The van der Waals surface area contributed by atoms with Crippen LogP contribution in [0.2, 0.25) is 0 Å². The van der Waals surface area contributed by atoms with E-state index >= 15 is 0 Å². The minimum atomic E-state index is -1.80. The Morgan fingerprint density at radius 3 is 1.21 bits per heavy atom. The van der Waals surface area contributed by atoms with Crippen molar-refractivity contribution in [2.75, 3.05) is 19.8 Å². The first-order chi connectivity index (χ1) is 42.6. The van der Waals surface area contributed by atoms with Gasteiger partial charge in [0.1, 0.15) is 48.8 Å². The Morgan fingerprint density at radius 1 is 0.414 bits per heavy atom. The van der Waals surface area contributed by atoms with Crippen LogP contribution < -0.4 is 5.32 Å². The van der Waals surface area contributed by atoms with Gasteiger partial charge in [-0.15, -0.1) is 0 Å². The third kappa shape index (κ3) is 41.7. The number of amides is 1. The van der Waals surface area contributed by atoms with Crippen LogP contribution in [0, 0.1) is 0 Å². The Bertz CT molecular complexity index is 1690. The lowest BCUT2D eigenvalue weighted by Gasteiger charge is -2.46. The summed E-state index contributed by atoms with van der Waals surface area (Å²) < 4.78 is 22.8. The van der Waals surface area contributed by atoms with Crippen molar-refractivity contribution in [2.45, 2.75) is 376 Å². The lowest BCUT2D eigenvalue weighted by Crippen LogP contribution is -2.65. The number of rotatable bonds is 59. The molecule has 0 aliphatic carbocycles. The first-order valence-electron chi connectivity index (χ1n) is 36.0. The number of unbranched alkanes of at least 4 members (excludes halogenated alkanes) is 38. The molecule has 0 aromatic heterocycles. The van der Waals surface area contributed by atoms with E-state index in [-0.39, 0.29) is 18.9 Å². The number of hydrogen-bond donors (Lipinski definition) is 9. The third-order valence-corrected chi connectivity index (χ3v) is 17.4. The summed E-state index contributed by atoms with van der Waals surface area (Å²) in [5.74, 6) is -0.260. The van der Waals surface area contributed by atoms with Gasteiger partial charge in [-0.2, -0.15) is 0 Å². The zero-order chi connectivity index (χ0) is 63.1. The Kier molecular flexibility index (Phi) is 53.5. The molecule has 0 aromatic carbocycles. The van der Waals surface area contributed by atoms with Gasteiger partial charge in [-0.3, -0.25) is 4.79 Å². The molecule has 2 aliphatic rings. The first-order valence-corrected chi connectivity index (χ1v) is 36.0. The molecule has 2 aliphatic heterocycles. The van der Waals surface area contributed by atoms with Gasteiger partial charge < -0.3 is 65.1 Å². The number of carbonyl (C=O) groups excluding carboxylic acids is 1. The monoisotopic (exact) mass is 1230 g/mol. The van der Waals surface area contributed by atoms with Crippen LogP contribution in [0.4, 0.5) is 0 Å². The summed E-state index contributed by atoms with van der Waals surface area (Å²) in [6.07, 6.45) is 60.0. The first kappa shape index (κ1) is 80.8. The fraction of sp³-hybridized carbons (Fsp3) is 0.849. The maximum atomic E-state index is 13.3. The summed E-state index contributed by atoms with van der Waals surface area (Å²) in [6.45, 7) is 2.79. The molecule has 12 unspecified atom stereocenters. The van der Waals surface area contributed by atoms with Gasteiger partial charge in [0.05, 0.1) is 32.0 Å². The maximum absolute atomic E-state index is 13.3. The molecule has 14 heteroatoms. The topological polar surface area (TPSA) is 228 Å². The fourth-order valence-electron chi connectivity index (χ4n) is 11.7. The van der Waals surface area contributed by atoms with E-state index in [1.807, 2.05) is 6.08 Å². The molecule has 2 heterocycles. The van der Waals surface area contributed by atoms with Gasteiger partial charge in [0, 0.05) is 6.42 Å². The number of allylic oxidation sites excluding steroid dienone is 9. The highest BCUT2D eigenvalue weighted by Crippen LogP contribution is 2.30. The van der Waals surface area contributed by atoms with Gasteiger partial charge >= 0.3 is 0 Å². The fourth-order valence-corrected chi connectivity index (χ4v) is 11.7. The highest BCUT2D eigenvalue weighted by Gasteiger charge is 2.51. The predicted molar refractivity (Wildman–Crippen MR) is 355 cm³/mol. The SMILES string of the molecule is CCCCCCC/C=C\C/C=C\C/C=C\CCCCCCCCC(=O)NC(COC1OC(CO)C(OC2OC(CO)C(O)C(O)C2O)C(O)C1O)C(O)/C=C/CC/C=C/CCCCCCCCCCCCCCCCCCCCCCCCCCCC. The van der Waals surface area contributed by atoms with Gasteiger partial charge in [-0.1, -0.05) is 286 Å². The molecule has 14 nitrogen and oxygen atoms in total. The minimum absolute atomic E-state index is 0.257. The highest BCUT2D eigenvalue weighted by molar-refractivity contribution is 5.76. The van der Waals surface area contributed by atoms with Crippen LogP contribution in [-0.4, -0.2) is 140 Å². The predicted octanol–water partition coefficient (Wildman–Crippen LogP) is 14.8. The van der Waals surface area contributed by atoms with Gasteiger partial charge in [0.15, 0.2) is 12.6 Å². The lowest BCUT2D eigenvalue weighted by molar-refractivity contribution is -0.359. The van der Waals surface area contributed by atoms with E-state index in [9.17, 15) is 45.6 Å². The van der Waals surface area contributed by atoms with Crippen molar-refractivity contribution in [1.82, 2.24) is 5.32 Å². The molecule has 2 saturated heterocycles. The second kappa shape index (κ2) is 57.6. The molecule has 0 saturated carbocycles. The van der Waals surface area contributed by atoms with Gasteiger partial charge in [-0.25, -0.2) is 0 Å². The van der Waals surface area contributed by atoms with Crippen LogP contribution in [0.15, 0.2) is 60.8 Å². The van der Waals surface area contributed by atoms with E-state index in [0.717, 1.165) is 64.2 Å². The van der Waals surface area contributed by atoms with Crippen molar-refractivity contribution in [3.63, 3.8) is 0 Å². The molecule has 0 spiro atoms. The van der Waals surface area contributed by atoms with Crippen LogP contribution in [0.5, 0.6) is 0 Å². The standard InChI is InChI=1S/C73H133NO13/c1-3-5-7-9-11-13-15-17-19-21-23-25-26-27-28-29-30-31-32-33-34-35-37-38-40-42-44-46-48-50-52-54-56-62(77)61(60-84-72-70(83)68(81)71(64(59-76)86-72)87-73-69(82)67(80)66(79)63(58-75)85-73)74-65(78)57-55-53-51-49-47-45-43-41-39-36-24-22-20-18-16-14-12-10-8-6-4-2/h16,18,22,24,39,41,46,48,54,56,61-64,66-73,75-77,79-83H,3-15,17,19-21,23,25-38,40,42-45,47,49-53,55,57-60H2,1-2H3,(H,74,78)/b18-16-,24-22-,41-39-,48-46+,56-54+. The van der Waals surface area contributed by atoms with Crippen molar-refractivity contribution < 1.29 is 64.6 Å². The molecule has 1 amide bonds. The largest absolute Gasteiger partial charge is 0.394 e. The summed E-state index contributed by atoms with van der Waals surface area (Å²) in [6, 6.07) is -0.943. The average Bonchev–Trinajstić information content (AvgIpc) is 1.56. The van der Waals surface area contributed by atoms with Gasteiger partial charge in [0.25, 0.3) is 0 Å². The molecule has 2 fully saturated rings. The number of aliphatic hydroxyl groups is 8. The highest BCUT2D eigenvalue weighted by atomic mass is 16.7. The normalized spacial score (nSPS) is 23.6. The van der Waals surface area contributed by atoms with E-state index in [2.05, 4.69) is 67.8 Å². The summed E-state index contributed by atoms with van der Waals surface area (Å²) >= 11 is 0. The van der Waals surface area contributed by atoms with Crippen LogP contribution in [0.1, 0.15) is 303 Å². The van der Waals surface area contributed by atoms with E-state index in [4.69, 9.17) is 18.9 Å².